The van der Waals surface area contributed by atoms with E-state index in [1.807, 2.05) is 19.1 Å². The number of halogens is 1. The summed E-state index contributed by atoms with van der Waals surface area (Å²) in [5.74, 6) is 0.884. The van der Waals surface area contributed by atoms with Gasteiger partial charge in [0, 0.05) is 17.1 Å². The van der Waals surface area contributed by atoms with Crippen LogP contribution in [-0.2, 0) is 4.79 Å². The Morgan fingerprint density at radius 2 is 2.11 bits per heavy atom. The van der Waals surface area contributed by atoms with Gasteiger partial charge >= 0.3 is 0 Å². The van der Waals surface area contributed by atoms with Crippen molar-refractivity contribution in [2.24, 2.45) is 5.92 Å². The normalized spacial score (nSPS) is 15.9. The van der Waals surface area contributed by atoms with Gasteiger partial charge in [0.1, 0.15) is 0 Å². The highest BCUT2D eigenvalue weighted by Crippen LogP contribution is 2.28. The molecule has 1 amide bonds. The molecule has 1 aromatic carbocycles. The van der Waals surface area contributed by atoms with Crippen LogP contribution in [0.4, 0.5) is 5.69 Å². The molecule has 1 saturated carbocycles. The van der Waals surface area contributed by atoms with Gasteiger partial charge in [-0.05, 0) is 43.0 Å². The zero-order chi connectivity index (χ0) is 13.0. The second-order valence-electron chi connectivity index (χ2n) is 5.20. The van der Waals surface area contributed by atoms with Gasteiger partial charge in [0.05, 0.1) is 0 Å². The number of hydrogen-bond donors (Lipinski definition) is 1. The Kier molecular flexibility index (Phi) is 4.65. The summed E-state index contributed by atoms with van der Waals surface area (Å²) in [6, 6.07) is 5.54. The Bertz CT molecular complexity index is 425. The molecule has 1 N–H and O–H groups in total. The van der Waals surface area contributed by atoms with Crippen LogP contribution in [0, 0.1) is 12.8 Å². The van der Waals surface area contributed by atoms with Crippen molar-refractivity contribution >= 4 is 23.2 Å². The van der Waals surface area contributed by atoms with Crippen LogP contribution >= 0.6 is 11.6 Å². The largest absolute Gasteiger partial charge is 0.326 e. The van der Waals surface area contributed by atoms with Gasteiger partial charge in [0.15, 0.2) is 0 Å². The molecule has 2 nitrogen and oxygen atoms in total. The van der Waals surface area contributed by atoms with Gasteiger partial charge in [0.2, 0.25) is 5.91 Å². The van der Waals surface area contributed by atoms with Crippen molar-refractivity contribution in [3.63, 3.8) is 0 Å². The standard InChI is InChI=1S/C15H20ClNO/c1-11-10-13(16)7-8-14(11)17-15(18)9-6-12-4-2-3-5-12/h7-8,10,12H,2-6,9H2,1H3,(H,17,18). The second kappa shape index (κ2) is 6.24. The van der Waals surface area contributed by atoms with Gasteiger partial charge in [-0.2, -0.15) is 0 Å². The van der Waals surface area contributed by atoms with Gasteiger partial charge in [-0.1, -0.05) is 37.3 Å². The third-order valence-electron chi connectivity index (χ3n) is 3.72. The Morgan fingerprint density at radius 3 is 2.78 bits per heavy atom. The number of benzene rings is 1. The summed E-state index contributed by atoms with van der Waals surface area (Å²) in [5, 5.41) is 3.67. The van der Waals surface area contributed by atoms with Crippen molar-refractivity contribution in [1.29, 1.82) is 0 Å². The molecule has 18 heavy (non-hydrogen) atoms. The lowest BCUT2D eigenvalue weighted by molar-refractivity contribution is -0.116. The lowest BCUT2D eigenvalue weighted by atomic mass is 10.0. The number of anilines is 1. The monoisotopic (exact) mass is 265 g/mol. The van der Waals surface area contributed by atoms with Crippen molar-refractivity contribution in [3.05, 3.63) is 28.8 Å². The zero-order valence-electron chi connectivity index (χ0n) is 10.8. The van der Waals surface area contributed by atoms with Crippen LogP contribution in [0.2, 0.25) is 5.02 Å². The van der Waals surface area contributed by atoms with Crippen molar-refractivity contribution in [2.45, 2.75) is 45.4 Å². The van der Waals surface area contributed by atoms with Crippen LogP contribution in [-0.4, -0.2) is 5.91 Å². The van der Waals surface area contributed by atoms with Crippen molar-refractivity contribution in [2.75, 3.05) is 5.32 Å². The van der Waals surface area contributed by atoms with Gasteiger partial charge in [0.25, 0.3) is 0 Å². The second-order valence-corrected chi connectivity index (χ2v) is 5.63. The third kappa shape index (κ3) is 3.74. The predicted octanol–water partition coefficient (Wildman–Crippen LogP) is 4.56. The van der Waals surface area contributed by atoms with Crippen LogP contribution in [0.1, 0.15) is 44.1 Å². The van der Waals surface area contributed by atoms with Crippen LogP contribution in [0.15, 0.2) is 18.2 Å². The first-order valence-corrected chi connectivity index (χ1v) is 7.09. The molecule has 2 rings (SSSR count). The average molecular weight is 266 g/mol. The third-order valence-corrected chi connectivity index (χ3v) is 3.95. The smallest absolute Gasteiger partial charge is 0.224 e. The van der Waals surface area contributed by atoms with Crippen molar-refractivity contribution < 1.29 is 4.79 Å². The summed E-state index contributed by atoms with van der Waals surface area (Å²) in [6.45, 7) is 1.96. The molecule has 0 spiro atoms. The van der Waals surface area contributed by atoms with E-state index < -0.39 is 0 Å². The minimum absolute atomic E-state index is 0.118. The molecular formula is C15H20ClNO. The first-order valence-electron chi connectivity index (χ1n) is 6.71. The molecule has 0 radical (unpaired) electrons. The summed E-state index contributed by atoms with van der Waals surface area (Å²) in [5.41, 5.74) is 1.88. The molecule has 1 fully saturated rings. The van der Waals surface area contributed by atoms with Crippen molar-refractivity contribution in [1.82, 2.24) is 0 Å². The molecule has 1 aliphatic carbocycles. The van der Waals surface area contributed by atoms with Gasteiger partial charge in [-0.15, -0.1) is 0 Å². The maximum atomic E-state index is 11.9. The first kappa shape index (κ1) is 13.4. The van der Waals surface area contributed by atoms with E-state index in [1.54, 1.807) is 6.07 Å². The highest BCUT2D eigenvalue weighted by molar-refractivity contribution is 6.30. The maximum Gasteiger partial charge on any atom is 0.224 e. The fraction of sp³-hybridized carbons (Fsp3) is 0.533. The first-order chi connectivity index (χ1) is 8.65. The summed E-state index contributed by atoms with van der Waals surface area (Å²) >= 11 is 5.89. The van der Waals surface area contributed by atoms with Crippen molar-refractivity contribution in [3.8, 4) is 0 Å². The molecule has 0 aliphatic heterocycles. The molecule has 1 aromatic rings. The number of nitrogens with one attached hydrogen (secondary N) is 1. The number of amides is 1. The van der Waals surface area contributed by atoms with Gasteiger partial charge in [-0.25, -0.2) is 0 Å². The van der Waals surface area contributed by atoms with E-state index in [-0.39, 0.29) is 5.91 Å². The van der Waals surface area contributed by atoms with E-state index in [9.17, 15) is 4.79 Å². The molecule has 1 aliphatic rings. The summed E-state index contributed by atoms with van der Waals surface area (Å²) in [6.07, 6.45) is 6.93. The topological polar surface area (TPSA) is 29.1 Å². The Balaban J connectivity index is 1.82. The summed E-state index contributed by atoms with van der Waals surface area (Å²) < 4.78 is 0. The molecule has 0 bridgehead atoms. The van der Waals surface area contributed by atoms with Gasteiger partial charge < -0.3 is 5.32 Å². The predicted molar refractivity (Wildman–Crippen MR) is 76.0 cm³/mol. The maximum absolute atomic E-state index is 11.9. The highest BCUT2D eigenvalue weighted by Gasteiger charge is 2.16. The van der Waals surface area contributed by atoms with E-state index in [0.717, 1.165) is 23.6 Å². The number of rotatable bonds is 4. The van der Waals surface area contributed by atoms with E-state index in [4.69, 9.17) is 11.6 Å². The van der Waals surface area contributed by atoms with E-state index in [1.165, 1.54) is 25.7 Å². The molecule has 0 saturated heterocycles. The zero-order valence-corrected chi connectivity index (χ0v) is 11.6. The lowest BCUT2D eigenvalue weighted by Crippen LogP contribution is -2.13. The average Bonchev–Trinajstić information content (AvgIpc) is 2.83. The Morgan fingerprint density at radius 1 is 1.39 bits per heavy atom. The van der Waals surface area contributed by atoms with E-state index in [0.29, 0.717) is 11.4 Å². The minimum atomic E-state index is 0.118. The van der Waals surface area contributed by atoms with Crippen LogP contribution in [0.3, 0.4) is 0 Å². The minimum Gasteiger partial charge on any atom is -0.326 e. The molecule has 0 atom stereocenters. The molecular weight excluding hydrogens is 246 g/mol. The number of carbonyl (C=O) groups excluding carboxylic acids is 1. The molecule has 0 aromatic heterocycles. The fourth-order valence-electron chi connectivity index (χ4n) is 2.61. The van der Waals surface area contributed by atoms with Crippen LogP contribution in [0.25, 0.3) is 0 Å². The van der Waals surface area contributed by atoms with Crippen LogP contribution < -0.4 is 5.32 Å². The summed E-state index contributed by atoms with van der Waals surface area (Å²) in [7, 11) is 0. The van der Waals surface area contributed by atoms with E-state index in [2.05, 4.69) is 5.32 Å². The quantitative estimate of drug-likeness (QED) is 0.850. The number of hydrogen-bond acceptors (Lipinski definition) is 1. The van der Waals surface area contributed by atoms with Crippen LogP contribution in [0.5, 0.6) is 0 Å². The fourth-order valence-corrected chi connectivity index (χ4v) is 2.84. The Hall–Kier alpha value is -1.02. The lowest BCUT2D eigenvalue weighted by Gasteiger charge is -2.11. The molecule has 98 valence electrons. The molecule has 3 heteroatoms. The van der Waals surface area contributed by atoms with Gasteiger partial charge in [-0.3, -0.25) is 4.79 Å². The van der Waals surface area contributed by atoms with E-state index >= 15 is 0 Å². The number of aryl methyl sites for hydroxylation is 1. The molecule has 0 heterocycles. The number of carbonyl (C=O) groups is 1. The summed E-state index contributed by atoms with van der Waals surface area (Å²) in [4.78, 5) is 11.9. The molecule has 0 unspecified atom stereocenters. The Labute approximate surface area is 114 Å². The SMILES string of the molecule is Cc1cc(Cl)ccc1NC(=O)CCC1CCCC1. The highest BCUT2D eigenvalue weighted by atomic mass is 35.5.